The lowest BCUT2D eigenvalue weighted by Gasteiger charge is -2.16. The van der Waals surface area contributed by atoms with Gasteiger partial charge in [0.1, 0.15) is 0 Å². The molecule has 2 atom stereocenters. The third kappa shape index (κ3) is 2.77. The number of hydrogen-bond acceptors (Lipinski definition) is 2. The highest BCUT2D eigenvalue weighted by Crippen LogP contribution is 2.25. The molecule has 1 aliphatic heterocycles. The van der Waals surface area contributed by atoms with Crippen LogP contribution >= 0.6 is 27.5 Å². The standard InChI is InChI=1S/C12H16BrClN2/c1-8-5-16(7-12(8)15)6-9-2-3-10(14)4-11(9)13/h2-4,8,12H,5-7,15H2,1H3. The molecule has 0 radical (unpaired) electrons. The van der Waals surface area contributed by atoms with Crippen molar-refractivity contribution in [2.75, 3.05) is 13.1 Å². The second-order valence-electron chi connectivity index (χ2n) is 4.57. The van der Waals surface area contributed by atoms with Crippen molar-refractivity contribution in [2.24, 2.45) is 11.7 Å². The van der Waals surface area contributed by atoms with E-state index in [0.29, 0.717) is 12.0 Å². The monoisotopic (exact) mass is 302 g/mol. The van der Waals surface area contributed by atoms with Gasteiger partial charge in [-0.2, -0.15) is 0 Å². The zero-order valence-electron chi connectivity index (χ0n) is 9.29. The number of hydrogen-bond donors (Lipinski definition) is 1. The van der Waals surface area contributed by atoms with Crippen LogP contribution in [-0.2, 0) is 6.54 Å². The van der Waals surface area contributed by atoms with Gasteiger partial charge in [0.05, 0.1) is 0 Å². The Bertz CT molecular complexity index is 373. The van der Waals surface area contributed by atoms with E-state index < -0.39 is 0 Å². The van der Waals surface area contributed by atoms with E-state index in [9.17, 15) is 0 Å². The van der Waals surface area contributed by atoms with Crippen LogP contribution in [0.3, 0.4) is 0 Å². The van der Waals surface area contributed by atoms with Crippen LogP contribution in [0.5, 0.6) is 0 Å². The molecule has 2 nitrogen and oxygen atoms in total. The molecule has 0 aromatic heterocycles. The van der Waals surface area contributed by atoms with Gasteiger partial charge >= 0.3 is 0 Å². The molecule has 1 aromatic rings. The number of likely N-dealkylation sites (tertiary alicyclic amines) is 1. The average molecular weight is 304 g/mol. The van der Waals surface area contributed by atoms with E-state index in [1.165, 1.54) is 5.56 Å². The van der Waals surface area contributed by atoms with Gasteiger partial charge in [-0.3, -0.25) is 4.90 Å². The molecular formula is C12H16BrClN2. The van der Waals surface area contributed by atoms with Crippen molar-refractivity contribution >= 4 is 27.5 Å². The summed E-state index contributed by atoms with van der Waals surface area (Å²) in [7, 11) is 0. The minimum Gasteiger partial charge on any atom is -0.326 e. The normalized spacial score (nSPS) is 26.2. The fourth-order valence-electron chi connectivity index (χ4n) is 2.12. The van der Waals surface area contributed by atoms with E-state index in [1.54, 1.807) is 0 Å². The van der Waals surface area contributed by atoms with Crippen molar-refractivity contribution in [3.63, 3.8) is 0 Å². The molecule has 2 rings (SSSR count). The molecule has 1 fully saturated rings. The van der Waals surface area contributed by atoms with Crippen LogP contribution in [0.2, 0.25) is 5.02 Å². The Kier molecular flexibility index (Phi) is 3.90. The Labute approximate surface area is 110 Å². The second-order valence-corrected chi connectivity index (χ2v) is 5.86. The van der Waals surface area contributed by atoms with Gasteiger partial charge in [-0.25, -0.2) is 0 Å². The second kappa shape index (κ2) is 5.05. The molecule has 2 unspecified atom stereocenters. The van der Waals surface area contributed by atoms with E-state index in [-0.39, 0.29) is 0 Å². The van der Waals surface area contributed by atoms with Crippen LogP contribution in [0.1, 0.15) is 12.5 Å². The number of benzene rings is 1. The lowest BCUT2D eigenvalue weighted by Crippen LogP contribution is -2.28. The molecule has 0 amide bonds. The zero-order valence-corrected chi connectivity index (χ0v) is 11.6. The van der Waals surface area contributed by atoms with Gasteiger partial charge in [0.25, 0.3) is 0 Å². The van der Waals surface area contributed by atoms with Crippen molar-refractivity contribution < 1.29 is 0 Å². The van der Waals surface area contributed by atoms with Gasteiger partial charge in [0.15, 0.2) is 0 Å². The minimum atomic E-state index is 0.311. The summed E-state index contributed by atoms with van der Waals surface area (Å²) in [6, 6.07) is 6.25. The summed E-state index contributed by atoms with van der Waals surface area (Å²) in [6.45, 7) is 5.21. The van der Waals surface area contributed by atoms with Crippen molar-refractivity contribution in [3.8, 4) is 0 Å². The molecule has 1 aromatic carbocycles. The van der Waals surface area contributed by atoms with Crippen molar-refractivity contribution in [3.05, 3.63) is 33.3 Å². The van der Waals surface area contributed by atoms with Gasteiger partial charge in [0.2, 0.25) is 0 Å². The Balaban J connectivity index is 2.05. The number of nitrogens with two attached hydrogens (primary N) is 1. The summed E-state index contributed by atoms with van der Waals surface area (Å²) >= 11 is 9.46. The third-order valence-electron chi connectivity index (χ3n) is 3.16. The molecule has 0 bridgehead atoms. The average Bonchev–Trinajstić information content (AvgIpc) is 2.51. The highest BCUT2D eigenvalue weighted by Gasteiger charge is 2.26. The van der Waals surface area contributed by atoms with Crippen LogP contribution in [-0.4, -0.2) is 24.0 Å². The highest BCUT2D eigenvalue weighted by atomic mass is 79.9. The van der Waals surface area contributed by atoms with Crippen LogP contribution in [0.4, 0.5) is 0 Å². The van der Waals surface area contributed by atoms with Gasteiger partial charge in [-0.15, -0.1) is 0 Å². The van der Waals surface area contributed by atoms with Gasteiger partial charge < -0.3 is 5.73 Å². The Hall–Kier alpha value is -0.0900. The van der Waals surface area contributed by atoms with Crippen LogP contribution in [0.25, 0.3) is 0 Å². The zero-order chi connectivity index (χ0) is 11.7. The molecular weight excluding hydrogens is 288 g/mol. The summed E-state index contributed by atoms with van der Waals surface area (Å²) in [6.07, 6.45) is 0. The fraction of sp³-hybridized carbons (Fsp3) is 0.500. The van der Waals surface area contributed by atoms with Gasteiger partial charge in [-0.1, -0.05) is 40.5 Å². The topological polar surface area (TPSA) is 29.3 Å². The SMILES string of the molecule is CC1CN(Cc2ccc(Cl)cc2Br)CC1N. The summed E-state index contributed by atoms with van der Waals surface area (Å²) in [4.78, 5) is 2.39. The van der Waals surface area contributed by atoms with E-state index in [2.05, 4.69) is 33.8 Å². The summed E-state index contributed by atoms with van der Waals surface area (Å²) in [5.74, 6) is 0.589. The number of rotatable bonds is 2. The first-order valence-corrected chi connectivity index (χ1v) is 6.65. The quantitative estimate of drug-likeness (QED) is 0.910. The molecule has 0 saturated carbocycles. The number of nitrogens with zero attached hydrogens (tertiary/aromatic N) is 1. The van der Waals surface area contributed by atoms with E-state index in [0.717, 1.165) is 29.1 Å². The predicted molar refractivity (Wildman–Crippen MR) is 71.6 cm³/mol. The van der Waals surface area contributed by atoms with Crippen LogP contribution in [0.15, 0.2) is 22.7 Å². The molecule has 1 saturated heterocycles. The van der Waals surface area contributed by atoms with E-state index in [4.69, 9.17) is 17.3 Å². The first-order valence-electron chi connectivity index (χ1n) is 5.48. The molecule has 0 spiro atoms. The fourth-order valence-corrected chi connectivity index (χ4v) is 2.92. The van der Waals surface area contributed by atoms with E-state index >= 15 is 0 Å². The van der Waals surface area contributed by atoms with Crippen LogP contribution < -0.4 is 5.73 Å². The first-order chi connectivity index (χ1) is 7.56. The smallest absolute Gasteiger partial charge is 0.0417 e. The Morgan fingerprint density at radius 1 is 1.50 bits per heavy atom. The maximum atomic E-state index is 6.01. The maximum absolute atomic E-state index is 6.01. The predicted octanol–water partition coefficient (Wildman–Crippen LogP) is 2.88. The molecule has 1 aliphatic rings. The van der Waals surface area contributed by atoms with Crippen LogP contribution in [0, 0.1) is 5.92 Å². The lowest BCUT2D eigenvalue weighted by molar-refractivity contribution is 0.318. The first kappa shape index (κ1) is 12.4. The highest BCUT2D eigenvalue weighted by molar-refractivity contribution is 9.10. The Morgan fingerprint density at radius 2 is 2.25 bits per heavy atom. The van der Waals surface area contributed by atoms with Crippen molar-refractivity contribution in [2.45, 2.75) is 19.5 Å². The molecule has 0 aliphatic carbocycles. The Morgan fingerprint density at radius 3 is 2.81 bits per heavy atom. The molecule has 4 heteroatoms. The largest absolute Gasteiger partial charge is 0.326 e. The van der Waals surface area contributed by atoms with Gasteiger partial charge in [-0.05, 0) is 23.6 Å². The van der Waals surface area contributed by atoms with E-state index in [1.807, 2.05) is 12.1 Å². The van der Waals surface area contributed by atoms with Gasteiger partial charge in [0, 0.05) is 35.2 Å². The number of halogens is 2. The summed E-state index contributed by atoms with van der Waals surface area (Å²) in [5.41, 5.74) is 7.28. The minimum absolute atomic E-state index is 0.311. The maximum Gasteiger partial charge on any atom is 0.0417 e. The van der Waals surface area contributed by atoms with Crippen molar-refractivity contribution in [1.82, 2.24) is 4.90 Å². The molecule has 88 valence electrons. The third-order valence-corrected chi connectivity index (χ3v) is 4.13. The lowest BCUT2D eigenvalue weighted by atomic mass is 10.1. The molecule has 2 N–H and O–H groups in total. The van der Waals surface area contributed by atoms with Crippen molar-refractivity contribution in [1.29, 1.82) is 0 Å². The summed E-state index contributed by atoms with van der Waals surface area (Å²) in [5, 5.41) is 0.766. The summed E-state index contributed by atoms with van der Waals surface area (Å²) < 4.78 is 1.08. The molecule has 1 heterocycles. The molecule has 16 heavy (non-hydrogen) atoms.